The molecule has 0 spiro atoms. The molecule has 0 amide bonds. The SMILES string of the molecule is N=C(N)c1c(F)cccc1Oc1ccc(F)c(Cl)c1. The smallest absolute Gasteiger partial charge is 0.142 e. The summed E-state index contributed by atoms with van der Waals surface area (Å²) in [5.74, 6) is -1.42. The van der Waals surface area contributed by atoms with Crippen LogP contribution in [0.15, 0.2) is 36.4 Å². The standard InChI is InChI=1S/C13H9ClF2N2O/c14-8-6-7(4-5-9(8)15)19-11-3-1-2-10(16)12(11)13(17)18/h1-6H,(H3,17,18). The normalized spacial score (nSPS) is 10.3. The van der Waals surface area contributed by atoms with Gasteiger partial charge in [0.25, 0.3) is 0 Å². The van der Waals surface area contributed by atoms with Gasteiger partial charge in [-0.25, -0.2) is 8.78 Å². The summed E-state index contributed by atoms with van der Waals surface area (Å²) in [4.78, 5) is 0. The summed E-state index contributed by atoms with van der Waals surface area (Å²) in [6, 6.07) is 7.77. The second-order valence-corrected chi connectivity index (χ2v) is 4.11. The molecule has 0 aliphatic carbocycles. The van der Waals surface area contributed by atoms with Gasteiger partial charge < -0.3 is 10.5 Å². The third-order valence-corrected chi connectivity index (χ3v) is 2.65. The van der Waals surface area contributed by atoms with Gasteiger partial charge in [0.2, 0.25) is 0 Å². The van der Waals surface area contributed by atoms with Crippen molar-refractivity contribution in [3.63, 3.8) is 0 Å². The molecule has 0 atom stereocenters. The van der Waals surface area contributed by atoms with Crippen LogP contribution in [-0.2, 0) is 0 Å². The monoisotopic (exact) mass is 282 g/mol. The van der Waals surface area contributed by atoms with Crippen LogP contribution >= 0.6 is 11.6 Å². The van der Waals surface area contributed by atoms with E-state index in [0.29, 0.717) is 0 Å². The first-order valence-corrected chi connectivity index (χ1v) is 5.62. The Kier molecular flexibility index (Phi) is 3.66. The molecule has 98 valence electrons. The van der Waals surface area contributed by atoms with Crippen molar-refractivity contribution in [1.82, 2.24) is 0 Å². The Morgan fingerprint density at radius 2 is 1.89 bits per heavy atom. The molecule has 0 heterocycles. The number of hydrogen-bond acceptors (Lipinski definition) is 2. The van der Waals surface area contributed by atoms with E-state index in [-0.39, 0.29) is 22.1 Å². The molecule has 0 aromatic heterocycles. The Hall–Kier alpha value is -2.14. The van der Waals surface area contributed by atoms with Gasteiger partial charge in [0.15, 0.2) is 0 Å². The minimum Gasteiger partial charge on any atom is -0.456 e. The molecule has 0 saturated carbocycles. The minimum atomic E-state index is -0.668. The highest BCUT2D eigenvalue weighted by Crippen LogP contribution is 2.29. The molecule has 2 aromatic rings. The molecule has 0 aliphatic heterocycles. The summed E-state index contributed by atoms with van der Waals surface area (Å²) < 4.78 is 31.9. The molecule has 0 radical (unpaired) electrons. The fraction of sp³-hybridized carbons (Fsp3) is 0. The number of benzene rings is 2. The molecule has 0 aliphatic rings. The summed E-state index contributed by atoms with van der Waals surface area (Å²) in [7, 11) is 0. The molecule has 6 heteroatoms. The number of nitrogens with two attached hydrogens (primary N) is 1. The van der Waals surface area contributed by atoms with Gasteiger partial charge in [-0.2, -0.15) is 0 Å². The van der Waals surface area contributed by atoms with Crippen LogP contribution in [0.1, 0.15) is 5.56 Å². The fourth-order valence-corrected chi connectivity index (χ4v) is 1.69. The minimum absolute atomic E-state index is 0.0650. The third kappa shape index (κ3) is 2.82. The largest absolute Gasteiger partial charge is 0.456 e. The fourth-order valence-electron chi connectivity index (χ4n) is 1.52. The highest BCUT2D eigenvalue weighted by molar-refractivity contribution is 6.30. The van der Waals surface area contributed by atoms with Crippen LogP contribution in [0.2, 0.25) is 5.02 Å². The highest BCUT2D eigenvalue weighted by Gasteiger charge is 2.13. The van der Waals surface area contributed by atoms with Crippen LogP contribution < -0.4 is 10.5 Å². The maximum Gasteiger partial charge on any atom is 0.142 e. The quantitative estimate of drug-likeness (QED) is 0.666. The van der Waals surface area contributed by atoms with Gasteiger partial charge in [0, 0.05) is 6.07 Å². The lowest BCUT2D eigenvalue weighted by Crippen LogP contribution is -2.14. The first-order chi connectivity index (χ1) is 8.99. The Bertz CT molecular complexity index is 647. The van der Waals surface area contributed by atoms with Crippen molar-refractivity contribution >= 4 is 17.4 Å². The zero-order valence-corrected chi connectivity index (χ0v) is 10.3. The number of ether oxygens (including phenoxy) is 1. The van der Waals surface area contributed by atoms with Gasteiger partial charge in [-0.1, -0.05) is 17.7 Å². The zero-order chi connectivity index (χ0) is 14.0. The second kappa shape index (κ2) is 5.24. The summed E-state index contributed by atoms with van der Waals surface area (Å²) in [6.07, 6.45) is 0. The molecule has 2 rings (SSSR count). The predicted molar refractivity (Wildman–Crippen MR) is 68.9 cm³/mol. The van der Waals surface area contributed by atoms with Crippen LogP contribution in [-0.4, -0.2) is 5.84 Å². The van der Waals surface area contributed by atoms with E-state index in [1.165, 1.54) is 30.3 Å². The van der Waals surface area contributed by atoms with E-state index in [9.17, 15) is 8.78 Å². The third-order valence-electron chi connectivity index (χ3n) is 2.36. The Morgan fingerprint density at radius 3 is 2.53 bits per heavy atom. The molecule has 3 nitrogen and oxygen atoms in total. The highest BCUT2D eigenvalue weighted by atomic mass is 35.5. The number of nitrogens with one attached hydrogen (secondary N) is 1. The van der Waals surface area contributed by atoms with Crippen LogP contribution in [0.4, 0.5) is 8.78 Å². The molecular weight excluding hydrogens is 274 g/mol. The van der Waals surface area contributed by atoms with E-state index in [1.807, 2.05) is 0 Å². The molecular formula is C13H9ClF2N2O. The van der Waals surface area contributed by atoms with Crippen molar-refractivity contribution in [3.05, 3.63) is 58.6 Å². The van der Waals surface area contributed by atoms with Crippen molar-refractivity contribution in [2.24, 2.45) is 5.73 Å². The number of hydrogen-bond donors (Lipinski definition) is 2. The van der Waals surface area contributed by atoms with E-state index in [0.717, 1.165) is 6.07 Å². The van der Waals surface area contributed by atoms with Crippen molar-refractivity contribution in [1.29, 1.82) is 5.41 Å². The number of amidine groups is 1. The van der Waals surface area contributed by atoms with E-state index < -0.39 is 17.5 Å². The summed E-state index contributed by atoms with van der Waals surface area (Å²) >= 11 is 5.62. The van der Waals surface area contributed by atoms with Gasteiger partial charge in [-0.3, -0.25) is 5.41 Å². The van der Waals surface area contributed by atoms with Gasteiger partial charge in [-0.15, -0.1) is 0 Å². The maximum absolute atomic E-state index is 13.6. The lowest BCUT2D eigenvalue weighted by molar-refractivity contribution is 0.473. The predicted octanol–water partition coefficient (Wildman–Crippen LogP) is 3.69. The van der Waals surface area contributed by atoms with Crippen molar-refractivity contribution in [2.75, 3.05) is 0 Å². The van der Waals surface area contributed by atoms with Crippen LogP contribution in [0.5, 0.6) is 11.5 Å². The van der Waals surface area contributed by atoms with E-state index >= 15 is 0 Å². The molecule has 0 saturated heterocycles. The molecule has 0 fully saturated rings. The molecule has 0 bridgehead atoms. The average molecular weight is 283 g/mol. The molecule has 3 N–H and O–H groups in total. The zero-order valence-electron chi connectivity index (χ0n) is 9.58. The summed E-state index contributed by atoms with van der Waals surface area (Å²) in [5.41, 5.74) is 5.15. The van der Waals surface area contributed by atoms with E-state index in [2.05, 4.69) is 0 Å². The van der Waals surface area contributed by atoms with Crippen molar-refractivity contribution in [3.8, 4) is 11.5 Å². The van der Waals surface area contributed by atoms with Gasteiger partial charge in [0.1, 0.15) is 29.0 Å². The van der Waals surface area contributed by atoms with Gasteiger partial charge in [-0.05, 0) is 24.3 Å². The first-order valence-electron chi connectivity index (χ1n) is 5.25. The molecule has 2 aromatic carbocycles. The molecule has 0 unspecified atom stereocenters. The van der Waals surface area contributed by atoms with Crippen molar-refractivity contribution in [2.45, 2.75) is 0 Å². The lowest BCUT2D eigenvalue weighted by Gasteiger charge is -2.11. The van der Waals surface area contributed by atoms with E-state index in [4.69, 9.17) is 27.5 Å². The maximum atomic E-state index is 13.6. The summed E-state index contributed by atoms with van der Waals surface area (Å²) in [5, 5.41) is 7.22. The first kappa shape index (κ1) is 13.3. The van der Waals surface area contributed by atoms with Crippen LogP contribution in [0.25, 0.3) is 0 Å². The Balaban J connectivity index is 2.40. The van der Waals surface area contributed by atoms with Crippen LogP contribution in [0, 0.1) is 17.0 Å². The van der Waals surface area contributed by atoms with Gasteiger partial charge in [0.05, 0.1) is 10.6 Å². The topological polar surface area (TPSA) is 59.1 Å². The Morgan fingerprint density at radius 1 is 1.16 bits per heavy atom. The van der Waals surface area contributed by atoms with Gasteiger partial charge >= 0.3 is 0 Å². The number of rotatable bonds is 3. The summed E-state index contributed by atoms with van der Waals surface area (Å²) in [6.45, 7) is 0. The average Bonchev–Trinajstić information content (AvgIpc) is 2.33. The van der Waals surface area contributed by atoms with Crippen molar-refractivity contribution < 1.29 is 13.5 Å². The second-order valence-electron chi connectivity index (χ2n) is 3.70. The molecule has 19 heavy (non-hydrogen) atoms. The Labute approximate surface area is 113 Å². The number of nitrogen functional groups attached to an aromatic ring is 1. The van der Waals surface area contributed by atoms with Crippen LogP contribution in [0.3, 0.4) is 0 Å². The number of halogens is 3. The van der Waals surface area contributed by atoms with E-state index in [1.54, 1.807) is 0 Å². The lowest BCUT2D eigenvalue weighted by atomic mass is 10.1.